The zero-order valence-corrected chi connectivity index (χ0v) is 23.7. The van der Waals surface area contributed by atoms with Gasteiger partial charge in [-0.25, -0.2) is 14.5 Å². The Bertz CT molecular complexity index is 1130. The Balaban J connectivity index is 1.76. The first-order valence-corrected chi connectivity index (χ1v) is 16.0. The lowest BCUT2D eigenvalue weighted by Gasteiger charge is -2.23. The van der Waals surface area contributed by atoms with Crippen molar-refractivity contribution >= 4 is 41.0 Å². The number of carbonyl (C=O) groups excluding carboxylic acids is 1. The second kappa shape index (κ2) is 10.6. The van der Waals surface area contributed by atoms with Crippen molar-refractivity contribution in [3.63, 3.8) is 0 Å². The minimum atomic E-state index is -1.12. The highest BCUT2D eigenvalue weighted by molar-refractivity contribution is 9.10. The van der Waals surface area contributed by atoms with Crippen molar-refractivity contribution in [3.8, 4) is 0 Å². The normalized spacial score (nSPS) is 13.3. The molecular formula is C24H36BrN5O3Si. The number of carbonyl (C=O) groups is 1. The zero-order chi connectivity index (χ0) is 25.1. The lowest BCUT2D eigenvalue weighted by atomic mass is 10.0. The van der Waals surface area contributed by atoms with Gasteiger partial charge in [0.15, 0.2) is 0 Å². The average molecular weight is 551 g/mol. The second-order valence-corrected chi connectivity index (χ2v) is 17.4. The number of hydrogen-bond acceptors (Lipinski definition) is 5. The molecule has 0 fully saturated rings. The molecule has 1 amide bonds. The fraction of sp³-hybridized carbons (Fsp3) is 0.542. The predicted molar refractivity (Wildman–Crippen MR) is 141 cm³/mol. The van der Waals surface area contributed by atoms with Gasteiger partial charge in [0, 0.05) is 32.7 Å². The molecule has 0 spiro atoms. The van der Waals surface area contributed by atoms with Gasteiger partial charge < -0.3 is 19.8 Å². The first kappa shape index (κ1) is 26.4. The molecule has 1 atom stereocenters. The lowest BCUT2D eigenvalue weighted by Crippen LogP contribution is -2.36. The largest absolute Gasteiger partial charge is 0.444 e. The Morgan fingerprint density at radius 2 is 2.03 bits per heavy atom. The number of aromatic nitrogens is 4. The molecule has 10 heteroatoms. The number of imidazole rings is 1. The molecule has 2 aromatic heterocycles. The molecular weight excluding hydrogens is 514 g/mol. The SMILES string of the molecule is Cc1cc(CC(NC(=O)OC(C)(C)C)c2ncc(Br)[nH]2)cc2cn(COCC[Si](C)(C)C)nc12. The van der Waals surface area contributed by atoms with Gasteiger partial charge in [-0.15, -0.1) is 0 Å². The number of alkyl carbamates (subject to hydrolysis) is 1. The fourth-order valence-electron chi connectivity index (χ4n) is 3.55. The zero-order valence-electron chi connectivity index (χ0n) is 21.2. The van der Waals surface area contributed by atoms with Crippen LogP contribution in [0.25, 0.3) is 10.9 Å². The van der Waals surface area contributed by atoms with E-state index in [9.17, 15) is 4.79 Å². The highest BCUT2D eigenvalue weighted by Gasteiger charge is 2.23. The van der Waals surface area contributed by atoms with E-state index in [1.54, 1.807) is 6.20 Å². The van der Waals surface area contributed by atoms with Crippen LogP contribution in [-0.2, 0) is 22.6 Å². The summed E-state index contributed by atoms with van der Waals surface area (Å²) >= 11 is 3.40. The Labute approximate surface area is 211 Å². The highest BCUT2D eigenvalue weighted by Crippen LogP contribution is 2.24. The van der Waals surface area contributed by atoms with E-state index in [1.165, 1.54) is 0 Å². The number of hydrogen-bond donors (Lipinski definition) is 2. The number of nitrogens with zero attached hydrogens (tertiary/aromatic N) is 3. The van der Waals surface area contributed by atoms with Gasteiger partial charge in [0.25, 0.3) is 0 Å². The van der Waals surface area contributed by atoms with Crippen molar-refractivity contribution in [2.24, 2.45) is 0 Å². The molecule has 0 aliphatic heterocycles. The number of aromatic amines is 1. The summed E-state index contributed by atoms with van der Waals surface area (Å²) in [6.45, 7) is 15.8. The smallest absolute Gasteiger partial charge is 0.408 e. The Kier molecular flexibility index (Phi) is 8.25. The van der Waals surface area contributed by atoms with Gasteiger partial charge in [-0.1, -0.05) is 25.7 Å². The van der Waals surface area contributed by atoms with Crippen LogP contribution in [0.15, 0.2) is 29.1 Å². The number of nitrogens with one attached hydrogen (secondary N) is 2. The fourth-order valence-corrected chi connectivity index (χ4v) is 4.61. The predicted octanol–water partition coefficient (Wildman–Crippen LogP) is 5.95. The van der Waals surface area contributed by atoms with E-state index in [4.69, 9.17) is 14.6 Å². The number of H-pyrrole nitrogens is 1. The summed E-state index contributed by atoms with van der Waals surface area (Å²) in [6, 6.07) is 4.97. The number of rotatable bonds is 9. The molecule has 3 rings (SSSR count). The number of fused-ring (bicyclic) bond motifs is 1. The Morgan fingerprint density at radius 3 is 2.65 bits per heavy atom. The van der Waals surface area contributed by atoms with E-state index < -0.39 is 19.8 Å². The molecule has 0 saturated carbocycles. The third-order valence-corrected chi connectivity index (χ3v) is 7.26. The maximum atomic E-state index is 12.5. The van der Waals surface area contributed by atoms with Gasteiger partial charge in [-0.2, -0.15) is 5.10 Å². The average Bonchev–Trinajstić information content (AvgIpc) is 3.29. The van der Waals surface area contributed by atoms with Gasteiger partial charge in [0.1, 0.15) is 22.8 Å². The number of amides is 1. The highest BCUT2D eigenvalue weighted by atomic mass is 79.9. The third-order valence-electron chi connectivity index (χ3n) is 5.15. The Morgan fingerprint density at radius 1 is 1.29 bits per heavy atom. The first-order valence-electron chi connectivity index (χ1n) is 11.5. The summed E-state index contributed by atoms with van der Waals surface area (Å²) in [5, 5.41) is 8.70. The maximum Gasteiger partial charge on any atom is 0.408 e. The number of ether oxygens (including phenoxy) is 2. The summed E-state index contributed by atoms with van der Waals surface area (Å²) in [6.07, 6.45) is 3.76. The van der Waals surface area contributed by atoms with Crippen LogP contribution in [-0.4, -0.2) is 46.1 Å². The van der Waals surface area contributed by atoms with E-state index in [0.29, 0.717) is 19.0 Å². The van der Waals surface area contributed by atoms with E-state index in [-0.39, 0.29) is 6.04 Å². The van der Waals surface area contributed by atoms with Crippen LogP contribution in [0.1, 0.15) is 43.8 Å². The Hall–Kier alpha value is -2.17. The molecule has 2 heterocycles. The molecule has 0 radical (unpaired) electrons. The van der Waals surface area contributed by atoms with E-state index in [2.05, 4.69) is 69.9 Å². The van der Waals surface area contributed by atoms with Crippen LogP contribution in [0, 0.1) is 6.92 Å². The molecule has 0 aliphatic carbocycles. The maximum absolute atomic E-state index is 12.5. The van der Waals surface area contributed by atoms with Gasteiger partial charge in [-0.3, -0.25) is 0 Å². The molecule has 2 N–H and O–H groups in total. The van der Waals surface area contributed by atoms with E-state index >= 15 is 0 Å². The third kappa shape index (κ3) is 7.95. The summed E-state index contributed by atoms with van der Waals surface area (Å²) < 4.78 is 13.9. The van der Waals surface area contributed by atoms with Crippen molar-refractivity contribution in [1.29, 1.82) is 0 Å². The summed E-state index contributed by atoms with van der Waals surface area (Å²) in [5.74, 6) is 0.655. The quantitative estimate of drug-likeness (QED) is 0.254. The minimum Gasteiger partial charge on any atom is -0.444 e. The minimum absolute atomic E-state index is 0.377. The van der Waals surface area contributed by atoms with Gasteiger partial charge >= 0.3 is 6.09 Å². The van der Waals surface area contributed by atoms with Crippen LogP contribution >= 0.6 is 15.9 Å². The summed E-state index contributed by atoms with van der Waals surface area (Å²) in [4.78, 5) is 20.1. The molecule has 0 aliphatic rings. The van der Waals surface area contributed by atoms with Crippen LogP contribution in [0.2, 0.25) is 25.7 Å². The molecule has 0 saturated heterocycles. The number of benzene rings is 1. The summed E-state index contributed by atoms with van der Waals surface area (Å²) in [7, 11) is -1.12. The number of aryl methyl sites for hydroxylation is 1. The molecule has 186 valence electrons. The second-order valence-electron chi connectivity index (χ2n) is 10.9. The van der Waals surface area contributed by atoms with Crippen LogP contribution in [0.5, 0.6) is 0 Å². The molecule has 8 nitrogen and oxygen atoms in total. The van der Waals surface area contributed by atoms with Crippen LogP contribution in [0.4, 0.5) is 4.79 Å². The van der Waals surface area contributed by atoms with Crippen LogP contribution in [0.3, 0.4) is 0 Å². The van der Waals surface area contributed by atoms with Crippen molar-refractivity contribution in [2.45, 2.75) is 78.2 Å². The number of halogens is 1. The van der Waals surface area contributed by atoms with E-state index in [1.807, 2.05) is 31.6 Å². The molecule has 3 aromatic rings. The van der Waals surface area contributed by atoms with Crippen LogP contribution < -0.4 is 5.32 Å². The van der Waals surface area contributed by atoms with Crippen molar-refractivity contribution in [2.75, 3.05) is 6.61 Å². The van der Waals surface area contributed by atoms with Gasteiger partial charge in [-0.05, 0) is 66.9 Å². The van der Waals surface area contributed by atoms with Gasteiger partial charge in [0.05, 0.1) is 17.8 Å². The van der Waals surface area contributed by atoms with E-state index in [0.717, 1.165) is 39.3 Å². The molecule has 0 bridgehead atoms. The first-order chi connectivity index (χ1) is 15.8. The molecule has 34 heavy (non-hydrogen) atoms. The topological polar surface area (TPSA) is 94.1 Å². The standard InChI is InChI=1S/C24H36BrN5O3Si/c1-16-10-17(11-18-14-30(29-21(16)18)15-32-8-9-34(5,6)7)12-19(22-26-13-20(25)28-22)27-23(31)33-24(2,3)4/h10-11,13-14,19H,8-9,12,15H2,1-7H3,(H,26,28)(H,27,31). The van der Waals surface area contributed by atoms with Crippen molar-refractivity contribution in [3.05, 3.63) is 46.1 Å². The summed E-state index contributed by atoms with van der Waals surface area (Å²) in [5.41, 5.74) is 2.51. The molecule has 1 unspecified atom stereocenters. The molecule has 1 aromatic carbocycles. The van der Waals surface area contributed by atoms with Crippen molar-refractivity contribution < 1.29 is 14.3 Å². The van der Waals surface area contributed by atoms with Gasteiger partial charge in [0.2, 0.25) is 0 Å². The van der Waals surface area contributed by atoms with Crippen molar-refractivity contribution in [1.82, 2.24) is 25.1 Å². The monoisotopic (exact) mass is 549 g/mol. The lowest BCUT2D eigenvalue weighted by molar-refractivity contribution is 0.0501.